The Balaban J connectivity index is 3.77. The summed E-state index contributed by atoms with van der Waals surface area (Å²) in [6, 6.07) is -0.329. The van der Waals surface area contributed by atoms with Crippen LogP contribution in [0.5, 0.6) is 0 Å². The number of carboxylic acid groups (broad SMARTS) is 1. The molecule has 0 fully saturated rings. The van der Waals surface area contributed by atoms with Crippen molar-refractivity contribution in [2.45, 2.75) is 26.2 Å². The van der Waals surface area contributed by atoms with E-state index in [0.29, 0.717) is 19.4 Å². The van der Waals surface area contributed by atoms with E-state index < -0.39 is 11.9 Å². The first-order valence-corrected chi connectivity index (χ1v) is 5.47. The number of amides is 2. The zero-order valence-corrected chi connectivity index (χ0v) is 9.66. The summed E-state index contributed by atoms with van der Waals surface area (Å²) in [5, 5.41) is 14.0. The zero-order chi connectivity index (χ0) is 12.4. The second kappa shape index (κ2) is 8.76. The zero-order valence-electron chi connectivity index (χ0n) is 9.66. The Morgan fingerprint density at radius 3 is 2.62 bits per heavy atom. The maximum absolute atomic E-state index is 11.2. The lowest BCUT2D eigenvalue weighted by Crippen LogP contribution is -2.40. The predicted molar refractivity (Wildman–Crippen MR) is 62.2 cm³/mol. The molecular formula is C11H20N2O3. The van der Waals surface area contributed by atoms with E-state index in [1.54, 1.807) is 6.08 Å². The van der Waals surface area contributed by atoms with Crippen molar-refractivity contribution < 1.29 is 14.7 Å². The monoisotopic (exact) mass is 228 g/mol. The topological polar surface area (TPSA) is 78.4 Å². The van der Waals surface area contributed by atoms with Crippen molar-refractivity contribution in [2.75, 3.05) is 13.1 Å². The third kappa shape index (κ3) is 6.86. The predicted octanol–water partition coefficient (Wildman–Crippen LogP) is 1.36. The minimum atomic E-state index is -0.867. The number of urea groups is 1. The molecule has 0 aliphatic heterocycles. The van der Waals surface area contributed by atoms with Gasteiger partial charge < -0.3 is 15.7 Å². The van der Waals surface area contributed by atoms with Crippen LogP contribution >= 0.6 is 0 Å². The Labute approximate surface area is 95.9 Å². The largest absolute Gasteiger partial charge is 0.481 e. The highest BCUT2D eigenvalue weighted by atomic mass is 16.4. The molecule has 3 N–H and O–H groups in total. The molecule has 1 atom stereocenters. The summed E-state index contributed by atoms with van der Waals surface area (Å²) in [6.45, 7) is 6.13. The molecule has 16 heavy (non-hydrogen) atoms. The maximum Gasteiger partial charge on any atom is 0.314 e. The van der Waals surface area contributed by atoms with Gasteiger partial charge in [-0.25, -0.2) is 4.79 Å². The van der Waals surface area contributed by atoms with E-state index in [4.69, 9.17) is 5.11 Å². The molecule has 0 radical (unpaired) electrons. The summed E-state index contributed by atoms with van der Waals surface area (Å²) >= 11 is 0. The number of hydrogen-bond donors (Lipinski definition) is 3. The fraction of sp³-hybridized carbons (Fsp3) is 0.636. The second-order valence-corrected chi connectivity index (χ2v) is 3.54. The summed E-state index contributed by atoms with van der Waals surface area (Å²) in [5.41, 5.74) is 0. The molecule has 92 valence electrons. The standard InChI is InChI=1S/C11H20N2O3/c1-3-5-7-12-11(16)13-8-9(6-4-2)10(14)15/h3,9H,1,4-8H2,2H3,(H,14,15)(H2,12,13,16). The van der Waals surface area contributed by atoms with Crippen LogP contribution in [0.2, 0.25) is 0 Å². The van der Waals surface area contributed by atoms with E-state index in [2.05, 4.69) is 17.2 Å². The van der Waals surface area contributed by atoms with E-state index in [9.17, 15) is 9.59 Å². The van der Waals surface area contributed by atoms with Gasteiger partial charge >= 0.3 is 12.0 Å². The van der Waals surface area contributed by atoms with Gasteiger partial charge in [0.05, 0.1) is 5.92 Å². The first-order valence-electron chi connectivity index (χ1n) is 5.47. The molecule has 0 spiro atoms. The number of nitrogens with one attached hydrogen (secondary N) is 2. The summed E-state index contributed by atoms with van der Waals surface area (Å²) in [6.07, 6.45) is 3.77. The minimum Gasteiger partial charge on any atom is -0.481 e. The summed E-state index contributed by atoms with van der Waals surface area (Å²) < 4.78 is 0. The molecule has 1 unspecified atom stereocenters. The van der Waals surface area contributed by atoms with Gasteiger partial charge in [-0.2, -0.15) is 0 Å². The molecule has 5 heteroatoms. The molecule has 0 aromatic rings. The number of hydrogen-bond acceptors (Lipinski definition) is 2. The SMILES string of the molecule is C=CCCNC(=O)NCC(CCC)C(=O)O. The summed E-state index contributed by atoms with van der Waals surface area (Å²) in [7, 11) is 0. The highest BCUT2D eigenvalue weighted by Crippen LogP contribution is 2.04. The van der Waals surface area contributed by atoms with E-state index in [-0.39, 0.29) is 12.6 Å². The highest BCUT2D eigenvalue weighted by Gasteiger charge is 2.16. The Kier molecular flexibility index (Phi) is 7.93. The molecule has 5 nitrogen and oxygen atoms in total. The quantitative estimate of drug-likeness (QED) is 0.433. The number of carboxylic acids is 1. The van der Waals surface area contributed by atoms with Crippen LogP contribution in [0.25, 0.3) is 0 Å². The van der Waals surface area contributed by atoms with Crippen LogP contribution < -0.4 is 10.6 Å². The van der Waals surface area contributed by atoms with Gasteiger partial charge in [-0.1, -0.05) is 19.4 Å². The lowest BCUT2D eigenvalue weighted by atomic mass is 10.0. The summed E-state index contributed by atoms with van der Waals surface area (Å²) in [4.78, 5) is 22.0. The van der Waals surface area contributed by atoms with Gasteiger partial charge in [-0.05, 0) is 12.8 Å². The lowest BCUT2D eigenvalue weighted by Gasteiger charge is -2.12. The van der Waals surface area contributed by atoms with Crippen LogP contribution in [0.15, 0.2) is 12.7 Å². The van der Waals surface area contributed by atoms with Crippen LogP contribution in [0.3, 0.4) is 0 Å². The lowest BCUT2D eigenvalue weighted by molar-refractivity contribution is -0.141. The van der Waals surface area contributed by atoms with Crippen molar-refractivity contribution in [3.05, 3.63) is 12.7 Å². The molecule has 0 aliphatic carbocycles. The Bertz CT molecular complexity index is 241. The molecular weight excluding hydrogens is 208 g/mol. The molecule has 0 saturated carbocycles. The van der Waals surface area contributed by atoms with Crippen LogP contribution in [-0.2, 0) is 4.79 Å². The minimum absolute atomic E-state index is 0.170. The molecule has 0 aromatic heterocycles. The van der Waals surface area contributed by atoms with Crippen molar-refractivity contribution >= 4 is 12.0 Å². The molecule has 0 saturated heterocycles. The highest BCUT2D eigenvalue weighted by molar-refractivity contribution is 5.75. The normalized spacial score (nSPS) is 11.6. The van der Waals surface area contributed by atoms with Crippen LogP contribution in [0.4, 0.5) is 4.79 Å². The van der Waals surface area contributed by atoms with Crippen molar-refractivity contribution in [3.8, 4) is 0 Å². The average Bonchev–Trinajstić information content (AvgIpc) is 2.24. The van der Waals surface area contributed by atoms with Crippen molar-refractivity contribution in [1.82, 2.24) is 10.6 Å². The van der Waals surface area contributed by atoms with Gasteiger partial charge in [0.15, 0.2) is 0 Å². The number of rotatable bonds is 8. The third-order valence-electron chi connectivity index (χ3n) is 2.13. The molecule has 0 aliphatic rings. The molecule has 0 rings (SSSR count). The van der Waals surface area contributed by atoms with E-state index in [1.807, 2.05) is 6.92 Å². The average molecular weight is 228 g/mol. The first-order chi connectivity index (χ1) is 7.61. The van der Waals surface area contributed by atoms with Gasteiger partial charge in [0.2, 0.25) is 0 Å². The second-order valence-electron chi connectivity index (χ2n) is 3.54. The van der Waals surface area contributed by atoms with Gasteiger partial charge in [0.1, 0.15) is 0 Å². The van der Waals surface area contributed by atoms with Crippen LogP contribution in [0, 0.1) is 5.92 Å². The van der Waals surface area contributed by atoms with Crippen molar-refractivity contribution in [3.63, 3.8) is 0 Å². The summed E-state index contributed by atoms with van der Waals surface area (Å²) in [5.74, 6) is -1.37. The van der Waals surface area contributed by atoms with Gasteiger partial charge in [0.25, 0.3) is 0 Å². The smallest absolute Gasteiger partial charge is 0.314 e. The number of aliphatic carboxylic acids is 1. The fourth-order valence-corrected chi connectivity index (χ4v) is 1.23. The maximum atomic E-state index is 11.2. The fourth-order valence-electron chi connectivity index (χ4n) is 1.23. The van der Waals surface area contributed by atoms with Gasteiger partial charge in [0, 0.05) is 13.1 Å². The third-order valence-corrected chi connectivity index (χ3v) is 2.13. The van der Waals surface area contributed by atoms with E-state index in [0.717, 1.165) is 6.42 Å². The van der Waals surface area contributed by atoms with E-state index in [1.165, 1.54) is 0 Å². The Morgan fingerprint density at radius 1 is 1.44 bits per heavy atom. The number of carbonyl (C=O) groups excluding carboxylic acids is 1. The van der Waals surface area contributed by atoms with Crippen molar-refractivity contribution in [2.24, 2.45) is 5.92 Å². The molecule has 0 bridgehead atoms. The van der Waals surface area contributed by atoms with Crippen molar-refractivity contribution in [1.29, 1.82) is 0 Å². The number of carbonyl (C=O) groups is 2. The van der Waals surface area contributed by atoms with Gasteiger partial charge in [-0.15, -0.1) is 6.58 Å². The Hall–Kier alpha value is -1.52. The van der Waals surface area contributed by atoms with E-state index >= 15 is 0 Å². The molecule has 2 amide bonds. The van der Waals surface area contributed by atoms with Gasteiger partial charge in [-0.3, -0.25) is 4.79 Å². The van der Waals surface area contributed by atoms with Crippen LogP contribution in [0.1, 0.15) is 26.2 Å². The molecule has 0 aromatic carbocycles. The first kappa shape index (κ1) is 14.5. The molecule has 0 heterocycles. The van der Waals surface area contributed by atoms with Crippen LogP contribution in [-0.4, -0.2) is 30.2 Å². The Morgan fingerprint density at radius 2 is 2.12 bits per heavy atom.